The molecule has 0 saturated carbocycles. The molecular formula is C13H17NO2. The van der Waals surface area contributed by atoms with Gasteiger partial charge >= 0.3 is 5.97 Å². The Morgan fingerprint density at radius 3 is 3.06 bits per heavy atom. The van der Waals surface area contributed by atoms with Gasteiger partial charge in [0.25, 0.3) is 0 Å². The second-order valence-corrected chi connectivity index (χ2v) is 4.28. The number of fused-ring (bicyclic) bond motifs is 1. The van der Waals surface area contributed by atoms with Crippen LogP contribution in [-0.2, 0) is 24.2 Å². The van der Waals surface area contributed by atoms with Gasteiger partial charge in [-0.3, -0.25) is 4.79 Å². The molecule has 86 valence electrons. The fraction of sp³-hybridized carbons (Fsp3) is 0.462. The Bertz CT molecular complexity index is 388. The van der Waals surface area contributed by atoms with Crippen LogP contribution in [0.1, 0.15) is 29.5 Å². The Kier molecular flexibility index (Phi) is 3.57. The van der Waals surface area contributed by atoms with E-state index < -0.39 is 5.97 Å². The van der Waals surface area contributed by atoms with Gasteiger partial charge in [0.2, 0.25) is 0 Å². The van der Waals surface area contributed by atoms with E-state index in [1.165, 1.54) is 17.5 Å². The van der Waals surface area contributed by atoms with Crippen LogP contribution in [0.25, 0.3) is 0 Å². The second-order valence-electron chi connectivity index (χ2n) is 4.28. The lowest BCUT2D eigenvalue weighted by Crippen LogP contribution is -2.12. The quantitative estimate of drug-likeness (QED) is 0.814. The van der Waals surface area contributed by atoms with E-state index in [1.54, 1.807) is 0 Å². The average molecular weight is 219 g/mol. The van der Waals surface area contributed by atoms with Crippen LogP contribution in [0.4, 0.5) is 0 Å². The molecule has 1 aliphatic heterocycles. The van der Waals surface area contributed by atoms with E-state index in [2.05, 4.69) is 23.5 Å². The largest absolute Gasteiger partial charge is 0.481 e. The maximum atomic E-state index is 10.5. The molecule has 0 aromatic heterocycles. The van der Waals surface area contributed by atoms with Crippen molar-refractivity contribution in [3.8, 4) is 0 Å². The van der Waals surface area contributed by atoms with Crippen LogP contribution in [0, 0.1) is 0 Å². The summed E-state index contributed by atoms with van der Waals surface area (Å²) in [6.45, 7) is 1.98. The molecule has 0 radical (unpaired) electrons. The standard InChI is InChI=1S/C13H17NO2/c15-13(16)6-4-10-3-5-11-2-1-7-14-9-12(11)8-10/h3,5,8,14H,1-2,4,6-7,9H2,(H,15,16). The molecule has 0 amide bonds. The molecule has 16 heavy (non-hydrogen) atoms. The predicted molar refractivity (Wildman–Crippen MR) is 62.4 cm³/mol. The summed E-state index contributed by atoms with van der Waals surface area (Å²) < 4.78 is 0. The number of benzene rings is 1. The Hall–Kier alpha value is -1.35. The average Bonchev–Trinajstić information content (AvgIpc) is 2.50. The number of carboxylic acid groups (broad SMARTS) is 1. The molecule has 3 heteroatoms. The van der Waals surface area contributed by atoms with E-state index in [0.29, 0.717) is 6.42 Å². The van der Waals surface area contributed by atoms with E-state index in [-0.39, 0.29) is 6.42 Å². The van der Waals surface area contributed by atoms with Gasteiger partial charge in [-0.2, -0.15) is 0 Å². The summed E-state index contributed by atoms with van der Waals surface area (Å²) in [6, 6.07) is 6.36. The van der Waals surface area contributed by atoms with Gasteiger partial charge in [-0.1, -0.05) is 18.2 Å². The van der Waals surface area contributed by atoms with Gasteiger partial charge in [0, 0.05) is 13.0 Å². The van der Waals surface area contributed by atoms with Crippen molar-refractivity contribution < 1.29 is 9.90 Å². The van der Waals surface area contributed by atoms with Crippen LogP contribution in [0.2, 0.25) is 0 Å². The van der Waals surface area contributed by atoms with E-state index in [1.807, 2.05) is 0 Å². The zero-order chi connectivity index (χ0) is 11.4. The molecule has 2 rings (SSSR count). The molecule has 3 nitrogen and oxygen atoms in total. The molecule has 0 aliphatic carbocycles. The molecule has 0 atom stereocenters. The van der Waals surface area contributed by atoms with E-state index in [0.717, 1.165) is 25.1 Å². The molecule has 1 aromatic rings. The first kappa shape index (κ1) is 11.1. The SMILES string of the molecule is O=C(O)CCc1ccc2c(c1)CNCCC2. The van der Waals surface area contributed by atoms with Crippen molar-refractivity contribution in [2.24, 2.45) is 0 Å². The lowest BCUT2D eigenvalue weighted by Gasteiger charge is -2.08. The van der Waals surface area contributed by atoms with Gasteiger partial charge < -0.3 is 10.4 Å². The molecule has 0 unspecified atom stereocenters. The molecule has 1 heterocycles. The molecule has 1 aromatic carbocycles. The number of aliphatic carboxylic acids is 1. The predicted octanol–water partition coefficient (Wildman–Crippen LogP) is 1.74. The summed E-state index contributed by atoms with van der Waals surface area (Å²) in [6.07, 6.45) is 3.15. The monoisotopic (exact) mass is 219 g/mol. The first-order valence-electron chi connectivity index (χ1n) is 5.79. The second kappa shape index (κ2) is 5.12. The van der Waals surface area contributed by atoms with Crippen LogP contribution in [-0.4, -0.2) is 17.6 Å². The van der Waals surface area contributed by atoms with E-state index in [4.69, 9.17) is 5.11 Å². The fourth-order valence-electron chi connectivity index (χ4n) is 2.12. The first-order valence-corrected chi connectivity index (χ1v) is 5.79. The number of carbonyl (C=O) groups is 1. The van der Waals surface area contributed by atoms with Crippen LogP contribution in [0.15, 0.2) is 18.2 Å². The van der Waals surface area contributed by atoms with Gasteiger partial charge in [-0.15, -0.1) is 0 Å². The molecular weight excluding hydrogens is 202 g/mol. The normalized spacial score (nSPS) is 15.2. The maximum absolute atomic E-state index is 10.5. The van der Waals surface area contributed by atoms with Crippen LogP contribution in [0.5, 0.6) is 0 Å². The zero-order valence-corrected chi connectivity index (χ0v) is 9.33. The highest BCUT2D eigenvalue weighted by atomic mass is 16.4. The highest BCUT2D eigenvalue weighted by Gasteiger charge is 2.08. The van der Waals surface area contributed by atoms with Gasteiger partial charge in [0.1, 0.15) is 0 Å². The smallest absolute Gasteiger partial charge is 0.303 e. The fourth-order valence-corrected chi connectivity index (χ4v) is 2.12. The van der Waals surface area contributed by atoms with Crippen LogP contribution in [0.3, 0.4) is 0 Å². The third-order valence-electron chi connectivity index (χ3n) is 3.01. The number of nitrogens with one attached hydrogen (secondary N) is 1. The van der Waals surface area contributed by atoms with Crippen molar-refractivity contribution in [1.82, 2.24) is 5.32 Å². The summed E-state index contributed by atoms with van der Waals surface area (Å²) in [5.41, 5.74) is 3.87. The molecule has 2 N–H and O–H groups in total. The van der Waals surface area contributed by atoms with Gasteiger partial charge in [-0.05, 0) is 42.5 Å². The Balaban J connectivity index is 2.11. The van der Waals surface area contributed by atoms with Crippen molar-refractivity contribution in [3.63, 3.8) is 0 Å². The summed E-state index contributed by atoms with van der Waals surface area (Å²) >= 11 is 0. The van der Waals surface area contributed by atoms with Crippen molar-refractivity contribution in [1.29, 1.82) is 0 Å². The van der Waals surface area contributed by atoms with Gasteiger partial charge in [-0.25, -0.2) is 0 Å². The number of aryl methyl sites for hydroxylation is 2. The van der Waals surface area contributed by atoms with Gasteiger partial charge in [0.05, 0.1) is 0 Å². The number of rotatable bonds is 3. The summed E-state index contributed by atoms with van der Waals surface area (Å²) in [7, 11) is 0. The lowest BCUT2D eigenvalue weighted by molar-refractivity contribution is -0.136. The molecule has 0 fully saturated rings. The number of hydrogen-bond acceptors (Lipinski definition) is 2. The van der Waals surface area contributed by atoms with Crippen molar-refractivity contribution in [3.05, 3.63) is 34.9 Å². The minimum atomic E-state index is -0.729. The maximum Gasteiger partial charge on any atom is 0.303 e. The van der Waals surface area contributed by atoms with Gasteiger partial charge in [0.15, 0.2) is 0 Å². The third-order valence-corrected chi connectivity index (χ3v) is 3.01. The molecule has 1 aliphatic rings. The first-order chi connectivity index (χ1) is 7.75. The Morgan fingerprint density at radius 2 is 2.25 bits per heavy atom. The molecule has 0 spiro atoms. The summed E-state index contributed by atoms with van der Waals surface area (Å²) in [4.78, 5) is 10.5. The summed E-state index contributed by atoms with van der Waals surface area (Å²) in [5.74, 6) is -0.729. The van der Waals surface area contributed by atoms with E-state index in [9.17, 15) is 4.79 Å². The Morgan fingerprint density at radius 1 is 1.38 bits per heavy atom. The number of carboxylic acids is 1. The third kappa shape index (κ3) is 2.83. The minimum Gasteiger partial charge on any atom is -0.481 e. The minimum absolute atomic E-state index is 0.214. The topological polar surface area (TPSA) is 49.3 Å². The van der Waals surface area contributed by atoms with Crippen molar-refractivity contribution in [2.75, 3.05) is 6.54 Å². The molecule has 0 bridgehead atoms. The lowest BCUT2D eigenvalue weighted by atomic mass is 9.99. The van der Waals surface area contributed by atoms with Crippen LogP contribution >= 0.6 is 0 Å². The van der Waals surface area contributed by atoms with Crippen molar-refractivity contribution in [2.45, 2.75) is 32.2 Å². The van der Waals surface area contributed by atoms with Crippen molar-refractivity contribution >= 4 is 5.97 Å². The summed E-state index contributed by atoms with van der Waals surface area (Å²) in [5, 5.41) is 12.0. The van der Waals surface area contributed by atoms with E-state index >= 15 is 0 Å². The zero-order valence-electron chi connectivity index (χ0n) is 9.33. The number of hydrogen-bond donors (Lipinski definition) is 2. The highest BCUT2D eigenvalue weighted by molar-refractivity contribution is 5.67. The molecule has 0 saturated heterocycles. The highest BCUT2D eigenvalue weighted by Crippen LogP contribution is 2.17. The Labute approximate surface area is 95.5 Å². The van der Waals surface area contributed by atoms with Crippen LogP contribution < -0.4 is 5.32 Å².